The number of nitrogens with zero attached hydrogens (tertiary/aromatic N) is 1. The number of aliphatic hydroxyl groups excluding tert-OH is 1. The smallest absolute Gasteiger partial charge is 0.416 e. The van der Waals surface area contributed by atoms with Gasteiger partial charge in [-0.3, -0.25) is 9.69 Å². The van der Waals surface area contributed by atoms with Crippen molar-refractivity contribution in [3.05, 3.63) is 23.3 Å². The summed E-state index contributed by atoms with van der Waals surface area (Å²) in [5.74, 6) is 0.0122. The van der Waals surface area contributed by atoms with Crippen LogP contribution in [-0.4, -0.2) is 54.4 Å². The maximum Gasteiger partial charge on any atom is 0.416 e. The number of ether oxygens (including phenoxy) is 1. The molecule has 4 nitrogen and oxygen atoms in total. The SMILES string of the molecule is COc1cc(C(F)(F)F)cc(SC)c1C(=O)C[C@@H]1CCC[C@@H]1N1CCC(O)CC1. The fourth-order valence-corrected chi connectivity index (χ4v) is 5.31. The van der Waals surface area contributed by atoms with E-state index in [9.17, 15) is 23.1 Å². The molecule has 1 N–H and O–H groups in total. The molecule has 1 aliphatic heterocycles. The molecule has 0 bridgehead atoms. The summed E-state index contributed by atoms with van der Waals surface area (Å²) in [5, 5.41) is 9.75. The normalized spacial score (nSPS) is 24.1. The van der Waals surface area contributed by atoms with Gasteiger partial charge in [0.05, 0.1) is 24.3 Å². The molecule has 1 aromatic rings. The second-order valence-electron chi connectivity index (χ2n) is 7.91. The number of piperidine rings is 1. The molecule has 162 valence electrons. The van der Waals surface area contributed by atoms with E-state index in [4.69, 9.17) is 4.74 Å². The minimum absolute atomic E-state index is 0.00943. The summed E-state index contributed by atoms with van der Waals surface area (Å²) in [6, 6.07) is 2.26. The molecule has 0 radical (unpaired) electrons. The Balaban J connectivity index is 1.81. The molecule has 8 heteroatoms. The molecule has 0 aromatic heterocycles. The van der Waals surface area contributed by atoms with Crippen LogP contribution in [0.15, 0.2) is 17.0 Å². The standard InChI is InChI=1S/C21H28F3NO3S/c1-28-18-11-14(21(22,23)24)12-19(29-2)20(18)17(27)10-13-4-3-5-16(13)25-8-6-15(26)7-9-25/h11-13,15-16,26H,3-10H2,1-2H3/t13-,16-/m0/s1. The quantitative estimate of drug-likeness (QED) is 0.526. The Morgan fingerprint density at radius 1 is 1.24 bits per heavy atom. The summed E-state index contributed by atoms with van der Waals surface area (Å²) in [7, 11) is 1.30. The van der Waals surface area contributed by atoms with Crippen molar-refractivity contribution in [3.63, 3.8) is 0 Å². The number of benzene rings is 1. The van der Waals surface area contributed by atoms with Crippen LogP contribution in [-0.2, 0) is 6.18 Å². The number of ketones is 1. The molecule has 2 aliphatic rings. The van der Waals surface area contributed by atoms with Crippen molar-refractivity contribution in [2.75, 3.05) is 26.5 Å². The molecule has 2 fully saturated rings. The molecule has 1 heterocycles. The monoisotopic (exact) mass is 431 g/mol. The number of rotatable bonds is 6. The fraction of sp³-hybridized carbons (Fsp3) is 0.667. The van der Waals surface area contributed by atoms with Crippen molar-refractivity contribution in [2.45, 2.75) is 61.7 Å². The number of carbonyl (C=O) groups is 1. The van der Waals surface area contributed by atoms with E-state index in [2.05, 4.69) is 4.90 Å². The molecule has 1 aromatic carbocycles. The van der Waals surface area contributed by atoms with Crippen LogP contribution in [0.1, 0.15) is 54.4 Å². The first-order valence-corrected chi connectivity index (χ1v) is 11.3. The third kappa shape index (κ3) is 5.09. The van der Waals surface area contributed by atoms with Gasteiger partial charge in [-0.1, -0.05) is 6.42 Å². The lowest BCUT2D eigenvalue weighted by atomic mass is 9.91. The zero-order valence-corrected chi connectivity index (χ0v) is 17.6. The largest absolute Gasteiger partial charge is 0.496 e. The minimum atomic E-state index is -4.49. The number of halogens is 3. The van der Waals surface area contributed by atoms with Gasteiger partial charge in [0.25, 0.3) is 0 Å². The fourth-order valence-electron chi connectivity index (χ4n) is 4.64. The first kappa shape index (κ1) is 22.4. The molecule has 1 aliphatic carbocycles. The van der Waals surface area contributed by atoms with Gasteiger partial charge in [-0.25, -0.2) is 0 Å². The highest BCUT2D eigenvalue weighted by Gasteiger charge is 2.37. The maximum absolute atomic E-state index is 13.2. The molecular formula is C21H28F3NO3S. The Kier molecular flexibility index (Phi) is 7.17. The van der Waals surface area contributed by atoms with E-state index < -0.39 is 11.7 Å². The van der Waals surface area contributed by atoms with Crippen molar-refractivity contribution in [2.24, 2.45) is 5.92 Å². The number of Topliss-reactive ketones (excluding diaryl/α,β-unsaturated/α-hetero) is 1. The van der Waals surface area contributed by atoms with E-state index in [0.717, 1.165) is 69.1 Å². The molecule has 29 heavy (non-hydrogen) atoms. The average molecular weight is 432 g/mol. The number of hydrogen-bond donors (Lipinski definition) is 1. The molecule has 1 saturated carbocycles. The van der Waals surface area contributed by atoms with Gasteiger partial charge in [-0.05, 0) is 50.0 Å². The number of alkyl halides is 3. The molecule has 0 spiro atoms. The number of likely N-dealkylation sites (tertiary alicyclic amines) is 1. The topological polar surface area (TPSA) is 49.8 Å². The number of methoxy groups -OCH3 is 1. The Bertz CT molecular complexity index is 707. The molecule has 0 amide bonds. The van der Waals surface area contributed by atoms with E-state index >= 15 is 0 Å². The van der Waals surface area contributed by atoms with Gasteiger partial charge in [0.1, 0.15) is 5.75 Å². The van der Waals surface area contributed by atoms with Gasteiger partial charge in [-0.15, -0.1) is 11.8 Å². The number of carbonyl (C=O) groups excluding carboxylic acids is 1. The van der Waals surface area contributed by atoms with Crippen LogP contribution in [0.3, 0.4) is 0 Å². The third-order valence-electron chi connectivity index (χ3n) is 6.15. The highest BCUT2D eigenvalue weighted by Crippen LogP contribution is 2.40. The van der Waals surface area contributed by atoms with Crippen molar-refractivity contribution in [3.8, 4) is 5.75 Å². The summed E-state index contributed by atoms with van der Waals surface area (Å²) in [6.07, 6.45) is 1.74. The summed E-state index contributed by atoms with van der Waals surface area (Å²) < 4.78 is 44.8. The van der Waals surface area contributed by atoms with Crippen LogP contribution < -0.4 is 4.74 Å². The molecule has 0 unspecified atom stereocenters. The first-order chi connectivity index (χ1) is 13.7. The summed E-state index contributed by atoms with van der Waals surface area (Å²) >= 11 is 1.13. The number of hydrogen-bond acceptors (Lipinski definition) is 5. The summed E-state index contributed by atoms with van der Waals surface area (Å²) in [6.45, 7) is 1.66. The van der Waals surface area contributed by atoms with E-state index in [1.807, 2.05) is 0 Å². The van der Waals surface area contributed by atoms with Crippen LogP contribution >= 0.6 is 11.8 Å². The van der Waals surface area contributed by atoms with Gasteiger partial charge in [0, 0.05) is 30.4 Å². The summed E-state index contributed by atoms with van der Waals surface area (Å²) in [5.41, 5.74) is -0.548. The van der Waals surface area contributed by atoms with E-state index in [0.29, 0.717) is 17.4 Å². The van der Waals surface area contributed by atoms with Crippen LogP contribution in [0.25, 0.3) is 0 Å². The third-order valence-corrected chi connectivity index (χ3v) is 6.91. The van der Waals surface area contributed by atoms with Gasteiger partial charge >= 0.3 is 6.18 Å². The Labute approximate surface area is 173 Å². The van der Waals surface area contributed by atoms with Crippen LogP contribution in [0, 0.1) is 5.92 Å². The molecule has 1 saturated heterocycles. The lowest BCUT2D eigenvalue weighted by Crippen LogP contribution is -2.44. The van der Waals surface area contributed by atoms with Gasteiger partial charge in [0.2, 0.25) is 0 Å². The van der Waals surface area contributed by atoms with Gasteiger partial charge in [-0.2, -0.15) is 13.2 Å². The van der Waals surface area contributed by atoms with Crippen LogP contribution in [0.5, 0.6) is 5.75 Å². The van der Waals surface area contributed by atoms with Crippen molar-refractivity contribution in [1.82, 2.24) is 4.90 Å². The van der Waals surface area contributed by atoms with E-state index in [-0.39, 0.29) is 29.1 Å². The van der Waals surface area contributed by atoms with Crippen molar-refractivity contribution >= 4 is 17.5 Å². The Morgan fingerprint density at radius 2 is 1.93 bits per heavy atom. The van der Waals surface area contributed by atoms with Crippen molar-refractivity contribution < 1.29 is 27.8 Å². The average Bonchev–Trinajstić information content (AvgIpc) is 3.14. The van der Waals surface area contributed by atoms with Crippen LogP contribution in [0.2, 0.25) is 0 Å². The first-order valence-electron chi connectivity index (χ1n) is 10.0. The second-order valence-corrected chi connectivity index (χ2v) is 8.75. The molecular weight excluding hydrogens is 403 g/mol. The highest BCUT2D eigenvalue weighted by atomic mass is 32.2. The van der Waals surface area contributed by atoms with Crippen molar-refractivity contribution in [1.29, 1.82) is 0 Å². The van der Waals surface area contributed by atoms with E-state index in [1.165, 1.54) is 7.11 Å². The Morgan fingerprint density at radius 3 is 2.52 bits per heavy atom. The predicted molar refractivity (Wildman–Crippen MR) is 107 cm³/mol. The molecule has 2 atom stereocenters. The lowest BCUT2D eigenvalue weighted by molar-refractivity contribution is -0.137. The Hall–Kier alpha value is -1.25. The molecule has 3 rings (SSSR count). The second kappa shape index (κ2) is 9.27. The summed E-state index contributed by atoms with van der Waals surface area (Å²) in [4.78, 5) is 15.8. The predicted octanol–water partition coefficient (Wildman–Crippen LogP) is 4.63. The lowest BCUT2D eigenvalue weighted by Gasteiger charge is -2.37. The van der Waals surface area contributed by atoms with Crippen LogP contribution in [0.4, 0.5) is 13.2 Å². The highest BCUT2D eigenvalue weighted by molar-refractivity contribution is 7.98. The zero-order chi connectivity index (χ0) is 21.2. The van der Waals surface area contributed by atoms with Gasteiger partial charge in [0.15, 0.2) is 5.78 Å². The van der Waals surface area contributed by atoms with Gasteiger partial charge < -0.3 is 9.84 Å². The number of thioether (sulfide) groups is 1. The number of aliphatic hydroxyl groups is 1. The van der Waals surface area contributed by atoms with E-state index in [1.54, 1.807) is 6.26 Å². The zero-order valence-electron chi connectivity index (χ0n) is 16.8. The maximum atomic E-state index is 13.2. The minimum Gasteiger partial charge on any atom is -0.496 e.